The van der Waals surface area contributed by atoms with Gasteiger partial charge in [-0.3, -0.25) is 4.79 Å². The minimum atomic E-state index is -4.59. The van der Waals surface area contributed by atoms with Gasteiger partial charge in [-0.25, -0.2) is 9.07 Å². The second kappa shape index (κ2) is 10.3. The number of alkyl halides is 3. The van der Waals surface area contributed by atoms with Crippen LogP contribution in [0.15, 0.2) is 42.6 Å². The van der Waals surface area contributed by atoms with Crippen LogP contribution in [0.25, 0.3) is 16.6 Å². The summed E-state index contributed by atoms with van der Waals surface area (Å²) in [5.74, 6) is -2.16. The molecule has 0 spiro atoms. The third-order valence-electron chi connectivity index (χ3n) is 9.78. The molecule has 3 atom stereocenters. The molecular formula is C30H36F4N2O3Si. The van der Waals surface area contributed by atoms with E-state index in [-0.39, 0.29) is 25.1 Å². The summed E-state index contributed by atoms with van der Waals surface area (Å²) in [6, 6.07) is 11.4. The molecule has 2 aliphatic rings. The van der Waals surface area contributed by atoms with Crippen molar-refractivity contribution in [2.45, 2.75) is 94.6 Å². The average Bonchev–Trinajstić information content (AvgIpc) is 3.26. The molecule has 0 saturated heterocycles. The minimum absolute atomic E-state index is 0.140. The van der Waals surface area contributed by atoms with Crippen LogP contribution in [0.3, 0.4) is 0 Å². The number of rotatable bonds is 7. The normalized spacial score (nSPS) is 25.3. The second-order valence-corrected chi connectivity index (χ2v) is 16.2. The fourth-order valence-electron chi connectivity index (χ4n) is 7.23. The number of carboxylic acids is 1. The molecular weight excluding hydrogens is 540 g/mol. The largest absolute Gasteiger partial charge is 0.481 e. The Labute approximate surface area is 232 Å². The van der Waals surface area contributed by atoms with Crippen LogP contribution in [0.4, 0.5) is 17.6 Å². The van der Waals surface area contributed by atoms with Crippen LogP contribution in [-0.2, 0) is 21.1 Å². The van der Waals surface area contributed by atoms with E-state index in [1.165, 1.54) is 12.1 Å². The number of fused-ring (bicyclic) bond motifs is 4. The fraction of sp³-hybridized carbons (Fsp3) is 0.533. The first-order valence-corrected chi connectivity index (χ1v) is 16.7. The number of hydrogen-bond donors (Lipinski definition) is 1. The van der Waals surface area contributed by atoms with Gasteiger partial charge < -0.3 is 9.53 Å². The van der Waals surface area contributed by atoms with Gasteiger partial charge in [0.1, 0.15) is 5.82 Å². The number of nitrogens with zero attached hydrogens (tertiary/aromatic N) is 2. The average molecular weight is 577 g/mol. The first kappa shape index (κ1) is 28.8. The van der Waals surface area contributed by atoms with E-state index in [0.717, 1.165) is 11.1 Å². The molecule has 2 aliphatic carbocycles. The van der Waals surface area contributed by atoms with Gasteiger partial charge in [0, 0.05) is 5.39 Å². The summed E-state index contributed by atoms with van der Waals surface area (Å²) in [4.78, 5) is 13.2. The topological polar surface area (TPSA) is 64.3 Å². The van der Waals surface area contributed by atoms with Crippen LogP contribution in [0.1, 0.15) is 64.0 Å². The molecule has 5 rings (SSSR count). The highest BCUT2D eigenvalue weighted by Gasteiger charge is 2.66. The van der Waals surface area contributed by atoms with Crippen molar-refractivity contribution in [1.29, 1.82) is 0 Å². The Balaban J connectivity index is 1.61. The number of hydrogen-bond acceptors (Lipinski definition) is 3. The lowest BCUT2D eigenvalue weighted by Crippen LogP contribution is -2.62. The molecule has 0 bridgehead atoms. The molecule has 3 aromatic rings. The van der Waals surface area contributed by atoms with Crippen LogP contribution in [0, 0.1) is 11.7 Å². The van der Waals surface area contributed by atoms with Crippen molar-refractivity contribution in [3.05, 3.63) is 59.5 Å². The van der Waals surface area contributed by atoms with E-state index in [9.17, 15) is 27.5 Å². The number of carbonyl (C=O) groups is 1. The van der Waals surface area contributed by atoms with Gasteiger partial charge in [-0.05, 0) is 110 Å². The van der Waals surface area contributed by atoms with Crippen molar-refractivity contribution >= 4 is 25.2 Å². The summed E-state index contributed by atoms with van der Waals surface area (Å²) in [6.45, 7) is 5.73. The molecule has 5 nitrogen and oxygen atoms in total. The Morgan fingerprint density at radius 3 is 2.40 bits per heavy atom. The van der Waals surface area contributed by atoms with Crippen molar-refractivity contribution < 1.29 is 31.9 Å². The van der Waals surface area contributed by atoms with E-state index in [1.807, 2.05) is 32.9 Å². The van der Waals surface area contributed by atoms with E-state index in [2.05, 4.69) is 5.10 Å². The van der Waals surface area contributed by atoms with Gasteiger partial charge in [0.25, 0.3) is 0 Å². The molecule has 0 aliphatic heterocycles. The standard InChI is InChI=1S/C30H36F4N2O3Si/c1-4-40(5-2,6-3)39-28(30(32,33)34)14-15-29(27(37)38)22(18-28)9-7-8-20-17-26-21(16-25(20)29)19-35-36(26)24-12-10-23(31)11-13-24/h10-13,16-17,19,22H,4-9,14-15,18H2,1-3H3,(H,37,38)/t22-,28-,29+/m1/s1. The molecule has 0 amide bonds. The Kier molecular flexibility index (Phi) is 7.40. The summed E-state index contributed by atoms with van der Waals surface area (Å²) < 4.78 is 66.3. The fourth-order valence-corrected chi connectivity index (χ4v) is 10.3. The predicted molar refractivity (Wildman–Crippen MR) is 148 cm³/mol. The smallest absolute Gasteiger partial charge is 0.416 e. The van der Waals surface area contributed by atoms with Crippen LogP contribution >= 0.6 is 0 Å². The molecule has 40 heavy (non-hydrogen) atoms. The molecule has 0 unspecified atom stereocenters. The van der Waals surface area contributed by atoms with Gasteiger partial charge in [0.15, 0.2) is 13.9 Å². The maximum atomic E-state index is 14.9. The summed E-state index contributed by atoms with van der Waals surface area (Å²) in [5, 5.41) is 15.9. The van der Waals surface area contributed by atoms with Gasteiger partial charge >= 0.3 is 12.1 Å². The third-order valence-corrected chi connectivity index (χ3v) is 14.5. The monoisotopic (exact) mass is 576 g/mol. The molecule has 1 N–H and O–H groups in total. The molecule has 1 fully saturated rings. The summed E-state index contributed by atoms with van der Waals surface area (Å²) in [6.07, 6.45) is -2.31. The van der Waals surface area contributed by atoms with Crippen molar-refractivity contribution in [3.63, 3.8) is 0 Å². The molecule has 1 saturated carbocycles. The molecule has 216 valence electrons. The Hall–Kier alpha value is -2.72. The summed E-state index contributed by atoms with van der Waals surface area (Å²) in [7, 11) is -2.65. The zero-order valence-corrected chi connectivity index (χ0v) is 24.2. The second-order valence-electron chi connectivity index (χ2n) is 11.5. The van der Waals surface area contributed by atoms with E-state index >= 15 is 0 Å². The van der Waals surface area contributed by atoms with Gasteiger partial charge in [0.2, 0.25) is 0 Å². The Morgan fingerprint density at radius 2 is 1.80 bits per heavy atom. The lowest BCUT2D eigenvalue weighted by atomic mass is 9.57. The van der Waals surface area contributed by atoms with Crippen LogP contribution in [-0.4, -0.2) is 41.0 Å². The Morgan fingerprint density at radius 1 is 1.12 bits per heavy atom. The number of aromatic nitrogens is 2. The van der Waals surface area contributed by atoms with Gasteiger partial charge in [-0.15, -0.1) is 0 Å². The molecule has 10 heteroatoms. The van der Waals surface area contributed by atoms with E-state index in [0.29, 0.717) is 54.0 Å². The van der Waals surface area contributed by atoms with Gasteiger partial charge in [-0.1, -0.05) is 20.8 Å². The quantitative estimate of drug-likeness (QED) is 0.229. The van der Waals surface area contributed by atoms with Crippen LogP contribution in [0.5, 0.6) is 0 Å². The number of halogens is 4. The number of carboxylic acid groups (broad SMARTS) is 1. The SMILES string of the molecule is CC[Si](CC)(CC)O[C@]1(C(F)(F)F)CC[C@@]2(C(=O)O)c3cc4cnn(-c5ccc(F)cc5)c4cc3CCC[C@@H]2C1. The van der Waals surface area contributed by atoms with Gasteiger partial charge in [-0.2, -0.15) is 18.3 Å². The zero-order chi connectivity index (χ0) is 28.9. The maximum Gasteiger partial charge on any atom is 0.416 e. The van der Waals surface area contributed by atoms with Gasteiger partial charge in [0.05, 0.1) is 22.8 Å². The van der Waals surface area contributed by atoms with Crippen molar-refractivity contribution in [1.82, 2.24) is 9.78 Å². The van der Waals surface area contributed by atoms with Crippen molar-refractivity contribution in [2.24, 2.45) is 5.92 Å². The number of aryl methyl sites for hydroxylation is 1. The molecule has 0 radical (unpaired) electrons. The van der Waals surface area contributed by atoms with E-state index in [4.69, 9.17) is 4.43 Å². The molecule has 1 heterocycles. The first-order chi connectivity index (χ1) is 18.9. The Bertz CT molecular complexity index is 1390. The summed E-state index contributed by atoms with van der Waals surface area (Å²) >= 11 is 0. The minimum Gasteiger partial charge on any atom is -0.481 e. The lowest BCUT2D eigenvalue weighted by Gasteiger charge is -2.52. The number of aliphatic carboxylic acids is 1. The molecule has 2 aromatic carbocycles. The zero-order valence-electron chi connectivity index (χ0n) is 23.2. The van der Waals surface area contributed by atoms with E-state index in [1.54, 1.807) is 23.0 Å². The van der Waals surface area contributed by atoms with Crippen LogP contribution in [0.2, 0.25) is 18.1 Å². The molecule has 1 aromatic heterocycles. The van der Waals surface area contributed by atoms with E-state index < -0.39 is 37.4 Å². The first-order valence-electron chi connectivity index (χ1n) is 14.2. The van der Waals surface area contributed by atoms with Crippen LogP contribution < -0.4 is 0 Å². The maximum absolute atomic E-state index is 14.9. The number of benzene rings is 2. The lowest BCUT2D eigenvalue weighted by molar-refractivity contribution is -0.272. The van der Waals surface area contributed by atoms with Crippen molar-refractivity contribution in [2.75, 3.05) is 0 Å². The highest BCUT2D eigenvalue weighted by Crippen LogP contribution is 2.58. The third kappa shape index (κ3) is 4.47. The van der Waals surface area contributed by atoms with Crippen molar-refractivity contribution in [3.8, 4) is 5.69 Å². The predicted octanol–water partition coefficient (Wildman–Crippen LogP) is 7.95. The highest BCUT2D eigenvalue weighted by atomic mass is 28.4. The summed E-state index contributed by atoms with van der Waals surface area (Å²) in [5.41, 5.74) is -0.943. The highest BCUT2D eigenvalue weighted by molar-refractivity contribution is 6.73.